The van der Waals surface area contributed by atoms with Crippen molar-refractivity contribution in [2.75, 3.05) is 6.61 Å². The second-order valence-electron chi connectivity index (χ2n) is 4.46. The number of aromatic nitrogens is 1. The summed E-state index contributed by atoms with van der Waals surface area (Å²) >= 11 is 6.84. The second-order valence-corrected chi connectivity index (χ2v) is 6.23. The fraction of sp³-hybridized carbons (Fsp3) is 0.200. The first-order valence-electron chi connectivity index (χ1n) is 6.30. The fourth-order valence-corrected chi connectivity index (χ4v) is 3.32. The fourth-order valence-electron chi connectivity index (χ4n) is 1.76. The van der Waals surface area contributed by atoms with E-state index in [0.29, 0.717) is 12.3 Å². The van der Waals surface area contributed by atoms with Crippen LogP contribution in [0.4, 0.5) is 0 Å². The molecule has 2 rings (SSSR count). The van der Waals surface area contributed by atoms with Crippen molar-refractivity contribution in [2.45, 2.75) is 13.5 Å². The molecule has 6 heteroatoms. The molecule has 1 heterocycles. The maximum atomic E-state index is 11.8. The van der Waals surface area contributed by atoms with E-state index in [9.17, 15) is 4.79 Å². The number of carbonyl (C=O) groups is 1. The highest BCUT2D eigenvalue weighted by molar-refractivity contribution is 9.11. The number of nitrogens with one attached hydrogen (secondary N) is 1. The Labute approximate surface area is 140 Å². The molecule has 0 aliphatic heterocycles. The molecule has 1 amide bonds. The monoisotopic (exact) mass is 412 g/mol. The first kappa shape index (κ1) is 16.0. The molecule has 0 aliphatic rings. The summed E-state index contributed by atoms with van der Waals surface area (Å²) in [5, 5.41) is 2.79. The number of pyridine rings is 1. The number of nitrogens with zero attached hydrogens (tertiary/aromatic N) is 1. The van der Waals surface area contributed by atoms with Crippen LogP contribution in [0.25, 0.3) is 0 Å². The predicted molar refractivity (Wildman–Crippen MR) is 88.2 cm³/mol. The first-order valence-corrected chi connectivity index (χ1v) is 7.89. The van der Waals surface area contributed by atoms with Gasteiger partial charge in [-0.25, -0.2) is 0 Å². The molecule has 110 valence electrons. The third-order valence-corrected chi connectivity index (χ3v) is 3.80. The zero-order valence-electron chi connectivity index (χ0n) is 11.4. The van der Waals surface area contributed by atoms with Crippen LogP contribution in [-0.2, 0) is 11.3 Å². The molecule has 1 N–H and O–H groups in total. The Morgan fingerprint density at radius 2 is 2.19 bits per heavy atom. The number of rotatable bonds is 5. The van der Waals surface area contributed by atoms with Crippen molar-refractivity contribution in [3.05, 3.63) is 56.7 Å². The van der Waals surface area contributed by atoms with Gasteiger partial charge in [0, 0.05) is 23.4 Å². The largest absolute Gasteiger partial charge is 0.482 e. The SMILES string of the molecule is Cc1cc(Br)cc(Br)c1OCC(=O)NCc1cccnc1. The molecule has 1 aromatic carbocycles. The molecule has 0 fully saturated rings. The molecule has 0 aliphatic carbocycles. The lowest BCUT2D eigenvalue weighted by Gasteiger charge is -2.12. The van der Waals surface area contributed by atoms with E-state index >= 15 is 0 Å². The minimum Gasteiger partial charge on any atom is -0.482 e. The number of hydrogen-bond donors (Lipinski definition) is 1. The lowest BCUT2D eigenvalue weighted by Crippen LogP contribution is -2.28. The van der Waals surface area contributed by atoms with E-state index in [1.165, 1.54) is 0 Å². The molecule has 0 atom stereocenters. The third-order valence-electron chi connectivity index (χ3n) is 2.75. The highest BCUT2D eigenvalue weighted by Crippen LogP contribution is 2.32. The Kier molecular flexibility index (Phi) is 5.76. The highest BCUT2D eigenvalue weighted by Gasteiger charge is 2.09. The quantitative estimate of drug-likeness (QED) is 0.814. The van der Waals surface area contributed by atoms with Crippen LogP contribution in [0, 0.1) is 6.92 Å². The number of halogens is 2. The Balaban J connectivity index is 1.87. The van der Waals surface area contributed by atoms with Crippen LogP contribution in [0.1, 0.15) is 11.1 Å². The van der Waals surface area contributed by atoms with Gasteiger partial charge >= 0.3 is 0 Å². The number of carbonyl (C=O) groups excluding carboxylic acids is 1. The van der Waals surface area contributed by atoms with Crippen LogP contribution in [0.15, 0.2) is 45.6 Å². The Morgan fingerprint density at radius 1 is 1.38 bits per heavy atom. The number of benzene rings is 1. The third kappa shape index (κ3) is 4.82. The number of amides is 1. The van der Waals surface area contributed by atoms with Gasteiger partial charge in [0.2, 0.25) is 0 Å². The van der Waals surface area contributed by atoms with Crippen molar-refractivity contribution in [3.8, 4) is 5.75 Å². The molecular weight excluding hydrogens is 400 g/mol. The van der Waals surface area contributed by atoms with Crippen LogP contribution in [0.3, 0.4) is 0 Å². The van der Waals surface area contributed by atoms with Gasteiger partial charge in [-0.1, -0.05) is 22.0 Å². The van der Waals surface area contributed by atoms with Crippen LogP contribution < -0.4 is 10.1 Å². The zero-order chi connectivity index (χ0) is 15.2. The molecule has 1 aromatic heterocycles. The molecule has 2 aromatic rings. The lowest BCUT2D eigenvalue weighted by molar-refractivity contribution is -0.123. The van der Waals surface area contributed by atoms with E-state index < -0.39 is 0 Å². The molecule has 0 saturated heterocycles. The van der Waals surface area contributed by atoms with Gasteiger partial charge in [0.25, 0.3) is 5.91 Å². The summed E-state index contributed by atoms with van der Waals surface area (Å²) in [7, 11) is 0. The van der Waals surface area contributed by atoms with Gasteiger partial charge in [-0.3, -0.25) is 9.78 Å². The van der Waals surface area contributed by atoms with Gasteiger partial charge in [-0.05, 0) is 52.2 Å². The smallest absolute Gasteiger partial charge is 0.258 e. The lowest BCUT2D eigenvalue weighted by atomic mass is 10.2. The molecule has 21 heavy (non-hydrogen) atoms. The van der Waals surface area contributed by atoms with Gasteiger partial charge in [0.15, 0.2) is 6.61 Å². The topological polar surface area (TPSA) is 51.2 Å². The number of aryl methyl sites for hydroxylation is 1. The number of ether oxygens (including phenoxy) is 1. The van der Waals surface area contributed by atoms with Gasteiger partial charge in [0.05, 0.1) is 4.47 Å². The maximum absolute atomic E-state index is 11.8. The summed E-state index contributed by atoms with van der Waals surface area (Å²) < 4.78 is 7.35. The van der Waals surface area contributed by atoms with Crippen LogP contribution in [-0.4, -0.2) is 17.5 Å². The van der Waals surface area contributed by atoms with Gasteiger partial charge in [-0.15, -0.1) is 0 Å². The van der Waals surface area contributed by atoms with Crippen molar-refractivity contribution < 1.29 is 9.53 Å². The van der Waals surface area contributed by atoms with E-state index in [4.69, 9.17) is 4.74 Å². The Bertz CT molecular complexity index is 610. The van der Waals surface area contributed by atoms with Gasteiger partial charge in [-0.2, -0.15) is 0 Å². The predicted octanol–water partition coefficient (Wildman–Crippen LogP) is 3.61. The normalized spacial score (nSPS) is 10.2. The van der Waals surface area contributed by atoms with Crippen molar-refractivity contribution in [1.29, 1.82) is 0 Å². The van der Waals surface area contributed by atoms with E-state index in [-0.39, 0.29) is 12.5 Å². The van der Waals surface area contributed by atoms with E-state index in [1.54, 1.807) is 12.4 Å². The summed E-state index contributed by atoms with van der Waals surface area (Å²) in [6, 6.07) is 7.56. The van der Waals surface area contributed by atoms with E-state index in [1.807, 2.05) is 31.2 Å². The summed E-state index contributed by atoms with van der Waals surface area (Å²) in [4.78, 5) is 15.8. The Morgan fingerprint density at radius 3 is 2.86 bits per heavy atom. The minimum atomic E-state index is -0.173. The van der Waals surface area contributed by atoms with E-state index in [2.05, 4.69) is 42.2 Å². The zero-order valence-corrected chi connectivity index (χ0v) is 14.6. The molecule has 0 bridgehead atoms. The van der Waals surface area contributed by atoms with Crippen molar-refractivity contribution in [1.82, 2.24) is 10.3 Å². The van der Waals surface area contributed by atoms with Gasteiger partial charge in [0.1, 0.15) is 5.75 Å². The minimum absolute atomic E-state index is 0.0265. The standard InChI is InChI=1S/C15H14Br2N2O2/c1-10-5-12(16)6-13(17)15(10)21-9-14(20)19-8-11-3-2-4-18-7-11/h2-7H,8-9H2,1H3,(H,19,20). The molecule has 0 radical (unpaired) electrons. The van der Waals surface area contributed by atoms with Gasteiger partial charge < -0.3 is 10.1 Å². The van der Waals surface area contributed by atoms with Crippen molar-refractivity contribution in [3.63, 3.8) is 0 Å². The molecular formula is C15H14Br2N2O2. The molecule has 0 saturated carbocycles. The van der Waals surface area contributed by atoms with E-state index in [0.717, 1.165) is 20.1 Å². The average molecular weight is 414 g/mol. The van der Waals surface area contributed by atoms with Crippen LogP contribution in [0.2, 0.25) is 0 Å². The van der Waals surface area contributed by atoms with Crippen molar-refractivity contribution in [2.24, 2.45) is 0 Å². The van der Waals surface area contributed by atoms with Crippen LogP contribution in [0.5, 0.6) is 5.75 Å². The summed E-state index contributed by atoms with van der Waals surface area (Å²) in [6.45, 7) is 2.34. The summed E-state index contributed by atoms with van der Waals surface area (Å²) in [5.74, 6) is 0.503. The number of hydrogen-bond acceptors (Lipinski definition) is 3. The first-order chi connectivity index (χ1) is 10.1. The Hall–Kier alpha value is -1.40. The average Bonchev–Trinajstić information content (AvgIpc) is 2.45. The molecule has 4 nitrogen and oxygen atoms in total. The van der Waals surface area contributed by atoms with Crippen LogP contribution >= 0.6 is 31.9 Å². The molecule has 0 unspecified atom stereocenters. The van der Waals surface area contributed by atoms with Crippen molar-refractivity contribution >= 4 is 37.8 Å². The summed E-state index contributed by atoms with van der Waals surface area (Å²) in [5.41, 5.74) is 1.91. The summed E-state index contributed by atoms with van der Waals surface area (Å²) in [6.07, 6.45) is 3.42. The second kappa shape index (κ2) is 7.56. The molecule has 0 spiro atoms. The maximum Gasteiger partial charge on any atom is 0.258 e. The highest BCUT2D eigenvalue weighted by atomic mass is 79.9.